The Morgan fingerprint density at radius 3 is 2.00 bits per heavy atom. The highest BCUT2D eigenvalue weighted by Gasteiger charge is 2.45. The molecule has 1 aliphatic carbocycles. The molecule has 0 aromatic rings. The smallest absolute Gasteiger partial charge is 0.408 e. The molecule has 4 heteroatoms. The second-order valence-electron chi connectivity index (χ2n) is 6.05. The van der Waals surface area contributed by atoms with Gasteiger partial charge in [0.15, 0.2) is 5.78 Å². The quantitative estimate of drug-likeness (QED) is 0.821. The molecular weight excluding hydrogens is 230 g/mol. The van der Waals surface area contributed by atoms with Crippen molar-refractivity contribution in [3.05, 3.63) is 0 Å². The van der Waals surface area contributed by atoms with Crippen LogP contribution in [0.15, 0.2) is 0 Å². The van der Waals surface area contributed by atoms with Crippen molar-refractivity contribution in [2.24, 2.45) is 5.92 Å². The van der Waals surface area contributed by atoms with E-state index in [9.17, 15) is 9.59 Å². The Kier molecular flexibility index (Phi) is 4.41. The number of hydrogen-bond donors (Lipinski definition) is 1. The number of alkyl carbamates (subject to hydrolysis) is 1. The number of amides is 1. The van der Waals surface area contributed by atoms with Gasteiger partial charge in [-0.05, 0) is 46.5 Å². The van der Waals surface area contributed by atoms with Crippen LogP contribution in [0.3, 0.4) is 0 Å². The highest BCUT2D eigenvalue weighted by atomic mass is 16.6. The molecule has 1 rings (SSSR count). The molecule has 0 unspecified atom stereocenters. The maximum absolute atomic E-state index is 12.3. The van der Waals surface area contributed by atoms with Gasteiger partial charge in [-0.3, -0.25) is 4.79 Å². The molecule has 0 aromatic heterocycles. The van der Waals surface area contributed by atoms with Gasteiger partial charge in [-0.2, -0.15) is 0 Å². The van der Waals surface area contributed by atoms with Crippen LogP contribution in [0, 0.1) is 5.92 Å². The number of hydrogen-bond acceptors (Lipinski definition) is 3. The molecule has 0 radical (unpaired) electrons. The molecule has 1 amide bonds. The monoisotopic (exact) mass is 255 g/mol. The molecule has 0 saturated heterocycles. The van der Waals surface area contributed by atoms with E-state index in [2.05, 4.69) is 5.32 Å². The Morgan fingerprint density at radius 2 is 1.67 bits per heavy atom. The Balaban J connectivity index is 2.73. The standard InChI is InChI=1S/C14H25NO3/c1-6-14(7-2,11(16)10-8-9-10)15-12(17)18-13(3,4)5/h10H,6-9H2,1-5H3,(H,15,17). The summed E-state index contributed by atoms with van der Waals surface area (Å²) in [4.78, 5) is 24.2. The Bertz CT molecular complexity index is 322. The third kappa shape index (κ3) is 3.72. The number of nitrogens with one attached hydrogen (secondary N) is 1. The SMILES string of the molecule is CCC(CC)(NC(=O)OC(C)(C)C)C(=O)C1CC1. The summed E-state index contributed by atoms with van der Waals surface area (Å²) in [6.45, 7) is 9.31. The van der Waals surface area contributed by atoms with Crippen LogP contribution >= 0.6 is 0 Å². The van der Waals surface area contributed by atoms with E-state index in [0.717, 1.165) is 12.8 Å². The van der Waals surface area contributed by atoms with Crippen molar-refractivity contribution in [1.82, 2.24) is 5.32 Å². The molecule has 0 bridgehead atoms. The molecule has 0 atom stereocenters. The number of rotatable bonds is 5. The predicted octanol–water partition coefficient (Wildman–Crippen LogP) is 3.05. The molecule has 18 heavy (non-hydrogen) atoms. The lowest BCUT2D eigenvalue weighted by Crippen LogP contribution is -2.55. The molecule has 4 nitrogen and oxygen atoms in total. The fraction of sp³-hybridized carbons (Fsp3) is 0.857. The first-order valence-electron chi connectivity index (χ1n) is 6.79. The lowest BCUT2D eigenvalue weighted by molar-refractivity contribution is -0.127. The summed E-state index contributed by atoms with van der Waals surface area (Å²) in [7, 11) is 0. The second-order valence-corrected chi connectivity index (χ2v) is 6.05. The van der Waals surface area contributed by atoms with Crippen LogP contribution in [0.1, 0.15) is 60.3 Å². The van der Waals surface area contributed by atoms with Gasteiger partial charge < -0.3 is 10.1 Å². The van der Waals surface area contributed by atoms with E-state index in [0.29, 0.717) is 12.8 Å². The zero-order valence-electron chi connectivity index (χ0n) is 12.1. The second kappa shape index (κ2) is 5.29. The van der Waals surface area contributed by atoms with Gasteiger partial charge in [-0.1, -0.05) is 13.8 Å². The first-order chi connectivity index (χ1) is 8.24. The number of carbonyl (C=O) groups is 2. The third-order valence-corrected chi connectivity index (χ3v) is 3.37. The van der Waals surface area contributed by atoms with Gasteiger partial charge in [0.1, 0.15) is 11.1 Å². The highest BCUT2D eigenvalue weighted by molar-refractivity contribution is 5.94. The lowest BCUT2D eigenvalue weighted by atomic mass is 9.85. The van der Waals surface area contributed by atoms with Gasteiger partial charge in [0.2, 0.25) is 0 Å². The predicted molar refractivity (Wildman–Crippen MR) is 70.4 cm³/mol. The largest absolute Gasteiger partial charge is 0.444 e. The van der Waals surface area contributed by atoms with Crippen molar-refractivity contribution in [2.45, 2.75) is 71.4 Å². The van der Waals surface area contributed by atoms with Gasteiger partial charge in [-0.15, -0.1) is 0 Å². The van der Waals surface area contributed by atoms with Crippen molar-refractivity contribution < 1.29 is 14.3 Å². The third-order valence-electron chi connectivity index (χ3n) is 3.37. The van der Waals surface area contributed by atoms with E-state index >= 15 is 0 Å². The van der Waals surface area contributed by atoms with Crippen LogP contribution in [0.25, 0.3) is 0 Å². The number of ketones is 1. The molecule has 0 spiro atoms. The molecule has 1 saturated carbocycles. The van der Waals surface area contributed by atoms with Crippen LogP contribution in [-0.4, -0.2) is 23.0 Å². The number of carbonyl (C=O) groups excluding carboxylic acids is 2. The number of Topliss-reactive ketones (excluding diaryl/α,β-unsaturated/α-hetero) is 1. The zero-order valence-corrected chi connectivity index (χ0v) is 12.1. The van der Waals surface area contributed by atoms with Crippen LogP contribution in [0.5, 0.6) is 0 Å². The Labute approximate surface area is 109 Å². The van der Waals surface area contributed by atoms with Gasteiger partial charge in [0.25, 0.3) is 0 Å². The Morgan fingerprint density at radius 1 is 1.17 bits per heavy atom. The maximum Gasteiger partial charge on any atom is 0.408 e. The van der Waals surface area contributed by atoms with E-state index < -0.39 is 17.2 Å². The van der Waals surface area contributed by atoms with E-state index in [-0.39, 0.29) is 11.7 Å². The van der Waals surface area contributed by atoms with Crippen molar-refractivity contribution >= 4 is 11.9 Å². The topological polar surface area (TPSA) is 55.4 Å². The molecule has 0 aliphatic heterocycles. The Hall–Kier alpha value is -1.06. The van der Waals surface area contributed by atoms with Crippen LogP contribution in [-0.2, 0) is 9.53 Å². The minimum atomic E-state index is -0.747. The van der Waals surface area contributed by atoms with Crippen LogP contribution in [0.2, 0.25) is 0 Å². The minimum absolute atomic E-state index is 0.139. The fourth-order valence-corrected chi connectivity index (χ4v) is 2.07. The van der Waals surface area contributed by atoms with Crippen LogP contribution < -0.4 is 5.32 Å². The lowest BCUT2D eigenvalue weighted by Gasteiger charge is -2.32. The summed E-state index contributed by atoms with van der Waals surface area (Å²) >= 11 is 0. The molecule has 1 N–H and O–H groups in total. The van der Waals surface area contributed by atoms with Crippen LogP contribution in [0.4, 0.5) is 4.79 Å². The molecule has 1 aliphatic rings. The molecule has 104 valence electrons. The highest BCUT2D eigenvalue weighted by Crippen LogP contribution is 2.36. The molecule has 0 aromatic carbocycles. The number of ether oxygens (including phenoxy) is 1. The fourth-order valence-electron chi connectivity index (χ4n) is 2.07. The van der Waals surface area contributed by atoms with Gasteiger partial charge in [0.05, 0.1) is 0 Å². The normalized spacial score (nSPS) is 16.3. The zero-order chi connectivity index (χ0) is 14.0. The van der Waals surface area contributed by atoms with Gasteiger partial charge in [-0.25, -0.2) is 4.79 Å². The molecule has 1 fully saturated rings. The van der Waals surface area contributed by atoms with E-state index in [1.165, 1.54) is 0 Å². The van der Waals surface area contributed by atoms with Gasteiger partial charge >= 0.3 is 6.09 Å². The summed E-state index contributed by atoms with van der Waals surface area (Å²) in [5, 5.41) is 2.80. The first-order valence-corrected chi connectivity index (χ1v) is 6.79. The summed E-state index contributed by atoms with van der Waals surface area (Å²) in [6, 6.07) is 0. The van der Waals surface area contributed by atoms with Crippen molar-refractivity contribution in [3.63, 3.8) is 0 Å². The van der Waals surface area contributed by atoms with Crippen molar-refractivity contribution in [2.75, 3.05) is 0 Å². The maximum atomic E-state index is 12.3. The summed E-state index contributed by atoms with van der Waals surface area (Å²) in [5.41, 5.74) is -1.29. The van der Waals surface area contributed by atoms with Gasteiger partial charge in [0, 0.05) is 5.92 Å². The molecular formula is C14H25NO3. The van der Waals surface area contributed by atoms with Crippen molar-refractivity contribution in [1.29, 1.82) is 0 Å². The molecule has 0 heterocycles. The van der Waals surface area contributed by atoms with E-state index in [1.54, 1.807) is 0 Å². The summed E-state index contributed by atoms with van der Waals surface area (Å²) in [5.74, 6) is 0.304. The van der Waals surface area contributed by atoms with E-state index in [4.69, 9.17) is 4.74 Å². The van der Waals surface area contributed by atoms with E-state index in [1.807, 2.05) is 34.6 Å². The minimum Gasteiger partial charge on any atom is -0.444 e. The summed E-state index contributed by atoms with van der Waals surface area (Å²) in [6.07, 6.45) is 2.63. The van der Waals surface area contributed by atoms with Crippen molar-refractivity contribution in [3.8, 4) is 0 Å². The first kappa shape index (κ1) is 15.0. The summed E-state index contributed by atoms with van der Waals surface area (Å²) < 4.78 is 5.24. The average molecular weight is 255 g/mol. The average Bonchev–Trinajstić information content (AvgIpc) is 3.06.